The van der Waals surface area contributed by atoms with Gasteiger partial charge in [0.25, 0.3) is 0 Å². The molecule has 6 heteroatoms. The van der Waals surface area contributed by atoms with E-state index in [9.17, 15) is 0 Å². The summed E-state index contributed by atoms with van der Waals surface area (Å²) in [5, 5.41) is 6.25. The van der Waals surface area contributed by atoms with Crippen LogP contribution in [0.5, 0.6) is 0 Å². The SMILES string of the molecule is CC(C)c1cc(C(C)C)c(-c2cc(-[n+]3[c-]n(C)cc3)[c-]c(-[n+]3[c-]n(C)c4ccccc43)c2)c(C(C)C)c1.[C-]#N.[Pt+4]. The molecule has 0 fully saturated rings. The summed E-state index contributed by atoms with van der Waals surface area (Å²) in [4.78, 5) is 0. The number of para-hydroxylation sites is 2. The quantitative estimate of drug-likeness (QED) is 0.145. The van der Waals surface area contributed by atoms with Crippen LogP contribution in [0.3, 0.4) is 0 Å². The minimum Gasteiger partial charge on any atom is -0.512 e. The van der Waals surface area contributed by atoms with Gasteiger partial charge in [0.15, 0.2) is 0 Å². The zero-order valence-electron chi connectivity index (χ0n) is 24.6. The van der Waals surface area contributed by atoms with E-state index in [0.717, 1.165) is 22.4 Å². The van der Waals surface area contributed by atoms with Gasteiger partial charge in [0.1, 0.15) is 0 Å². The maximum atomic E-state index is 6.25. The molecule has 206 valence electrons. The van der Waals surface area contributed by atoms with Crippen LogP contribution in [-0.2, 0) is 35.2 Å². The zero-order valence-corrected chi connectivity index (χ0v) is 26.8. The first kappa shape index (κ1) is 31.1. The number of fused-ring (bicyclic) bond motifs is 1. The van der Waals surface area contributed by atoms with Crippen molar-refractivity contribution in [2.75, 3.05) is 0 Å². The minimum absolute atomic E-state index is 0. The van der Waals surface area contributed by atoms with Crippen molar-refractivity contribution in [1.29, 1.82) is 5.26 Å². The van der Waals surface area contributed by atoms with Crippen LogP contribution in [-0.4, -0.2) is 9.13 Å². The number of benzene rings is 3. The van der Waals surface area contributed by atoms with E-state index < -0.39 is 0 Å². The van der Waals surface area contributed by atoms with E-state index in [-0.39, 0.29) is 21.1 Å². The molecule has 5 aromatic rings. The van der Waals surface area contributed by atoms with Crippen LogP contribution in [0, 0.1) is 30.6 Å². The van der Waals surface area contributed by atoms with Crippen molar-refractivity contribution in [1.82, 2.24) is 9.13 Å². The van der Waals surface area contributed by atoms with Crippen molar-refractivity contribution in [2.45, 2.75) is 59.3 Å². The zero-order chi connectivity index (χ0) is 28.4. The molecule has 0 radical (unpaired) electrons. The van der Waals surface area contributed by atoms with Gasteiger partial charge in [-0.05, 0) is 40.0 Å². The van der Waals surface area contributed by atoms with Gasteiger partial charge in [-0.2, -0.15) is 18.2 Å². The molecule has 0 spiro atoms. The second kappa shape index (κ2) is 12.8. The topological polar surface area (TPSA) is 41.4 Å². The van der Waals surface area contributed by atoms with Crippen LogP contribution in [0.15, 0.2) is 60.9 Å². The Balaban J connectivity index is 0.00000144. The summed E-state index contributed by atoms with van der Waals surface area (Å²) in [6, 6.07) is 21.5. The predicted octanol–water partition coefficient (Wildman–Crippen LogP) is 6.60. The monoisotopic (exact) mass is 710 g/mol. The Hall–Kier alpha value is -3.48. The number of nitrogens with zero attached hydrogens (tertiary/aromatic N) is 5. The Morgan fingerprint density at radius 1 is 0.800 bits per heavy atom. The Bertz CT molecular complexity index is 1610. The average Bonchev–Trinajstić information content (AvgIpc) is 3.52. The molecule has 0 aliphatic rings. The molecule has 40 heavy (non-hydrogen) atoms. The first-order chi connectivity index (χ1) is 18.6. The van der Waals surface area contributed by atoms with E-state index in [2.05, 4.69) is 113 Å². The van der Waals surface area contributed by atoms with Gasteiger partial charge in [0.2, 0.25) is 12.7 Å². The van der Waals surface area contributed by atoms with Crippen molar-refractivity contribution in [3.8, 4) is 22.5 Å². The molecule has 0 saturated carbocycles. The van der Waals surface area contributed by atoms with Crippen molar-refractivity contribution in [3.05, 3.63) is 103 Å². The molecule has 3 aromatic carbocycles. The molecule has 2 heterocycles. The van der Waals surface area contributed by atoms with Gasteiger partial charge in [-0.25, -0.2) is 0 Å². The summed E-state index contributed by atoms with van der Waals surface area (Å²) >= 11 is 0. The third kappa shape index (κ3) is 5.98. The first-order valence-electron chi connectivity index (χ1n) is 13.5. The second-order valence-electron chi connectivity index (χ2n) is 11.0. The van der Waals surface area contributed by atoms with Gasteiger partial charge >= 0.3 is 21.1 Å². The molecule has 0 aliphatic carbocycles. The van der Waals surface area contributed by atoms with Gasteiger partial charge in [-0.3, -0.25) is 0 Å². The Labute approximate surface area is 253 Å². The number of aryl methyl sites for hydroxylation is 2. The average molecular weight is 711 g/mol. The number of hydrogen-bond acceptors (Lipinski definition) is 1. The van der Waals surface area contributed by atoms with Crippen LogP contribution in [0.4, 0.5) is 0 Å². The van der Waals surface area contributed by atoms with Crippen molar-refractivity contribution in [2.24, 2.45) is 14.1 Å². The van der Waals surface area contributed by atoms with Gasteiger partial charge in [0, 0.05) is 12.4 Å². The molecule has 2 aromatic heterocycles. The van der Waals surface area contributed by atoms with Crippen LogP contribution >= 0.6 is 0 Å². The Morgan fingerprint density at radius 2 is 1.40 bits per heavy atom. The molecule has 0 saturated heterocycles. The summed E-state index contributed by atoms with van der Waals surface area (Å²) in [6.45, 7) is 18.5. The molecule has 0 unspecified atom stereocenters. The number of hydrogen-bond donors (Lipinski definition) is 0. The molecule has 0 N–H and O–H groups in total. The smallest absolute Gasteiger partial charge is 0.512 e. The molecular formula is C34H37N5Pt+2. The maximum absolute atomic E-state index is 6.25. The van der Waals surface area contributed by atoms with E-state index in [0.29, 0.717) is 17.8 Å². The number of imidazole rings is 2. The van der Waals surface area contributed by atoms with Crippen LogP contribution in [0.25, 0.3) is 33.5 Å². The fourth-order valence-corrected chi connectivity index (χ4v) is 5.14. The molecule has 5 nitrogen and oxygen atoms in total. The van der Waals surface area contributed by atoms with Gasteiger partial charge in [-0.1, -0.05) is 89.3 Å². The summed E-state index contributed by atoms with van der Waals surface area (Å²) < 4.78 is 8.13. The van der Waals surface area contributed by atoms with Crippen LogP contribution in [0.1, 0.15) is 76.0 Å². The maximum Gasteiger partial charge on any atom is 4.00 e. The second-order valence-corrected chi connectivity index (χ2v) is 11.0. The van der Waals surface area contributed by atoms with E-state index in [1.165, 1.54) is 27.8 Å². The molecule has 0 amide bonds. The molecular weight excluding hydrogens is 673 g/mol. The molecule has 0 atom stereocenters. The minimum atomic E-state index is 0. The normalized spacial score (nSPS) is 11.1. The largest absolute Gasteiger partial charge is 4.00 e. The van der Waals surface area contributed by atoms with Crippen molar-refractivity contribution < 1.29 is 30.2 Å². The van der Waals surface area contributed by atoms with Gasteiger partial charge in [0.05, 0.1) is 25.1 Å². The van der Waals surface area contributed by atoms with E-state index in [1.54, 1.807) is 0 Å². The van der Waals surface area contributed by atoms with Crippen LogP contribution in [0.2, 0.25) is 0 Å². The Kier molecular flexibility index (Phi) is 9.93. The van der Waals surface area contributed by atoms with E-state index in [1.807, 2.05) is 40.2 Å². The summed E-state index contributed by atoms with van der Waals surface area (Å²) in [5.41, 5.74) is 10.9. The standard InChI is InChI=1S/C33H37N4.CN.Pt/c1-22(2)25-17-29(23(3)4)33(30(18-25)24(5)6)26-15-27(36-14-13-34(7)20-36)19-28(16-26)37-21-35(8)31-11-9-10-12-32(31)37;1-2;/h9-18,22-24H,1-8H3;;/q2*-1;+4. The number of rotatable bonds is 6. The molecule has 0 bridgehead atoms. The third-order valence-corrected chi connectivity index (χ3v) is 7.20. The third-order valence-electron chi connectivity index (χ3n) is 7.20. The van der Waals surface area contributed by atoms with Crippen LogP contribution < -0.4 is 9.13 Å². The van der Waals surface area contributed by atoms with Gasteiger partial charge < -0.3 is 30.1 Å². The van der Waals surface area contributed by atoms with E-state index >= 15 is 0 Å². The van der Waals surface area contributed by atoms with Crippen molar-refractivity contribution in [3.63, 3.8) is 0 Å². The molecule has 5 rings (SSSR count). The summed E-state index contributed by atoms with van der Waals surface area (Å²) in [5.74, 6) is 1.28. The van der Waals surface area contributed by atoms with Crippen molar-refractivity contribution >= 4 is 11.0 Å². The molecule has 0 aliphatic heterocycles. The fourth-order valence-electron chi connectivity index (χ4n) is 5.14. The summed E-state index contributed by atoms with van der Waals surface area (Å²) in [7, 11) is 4.04. The van der Waals surface area contributed by atoms with Gasteiger partial charge in [-0.15, -0.1) is 5.56 Å². The van der Waals surface area contributed by atoms with E-state index in [4.69, 9.17) is 11.8 Å². The predicted molar refractivity (Wildman–Crippen MR) is 154 cm³/mol. The first-order valence-corrected chi connectivity index (χ1v) is 13.5. The fraction of sp³-hybridized carbons (Fsp3) is 0.324. The Morgan fingerprint density at radius 3 is 1.95 bits per heavy atom. The number of aromatic nitrogens is 4. The summed E-state index contributed by atoms with van der Waals surface area (Å²) in [6.07, 6.45) is 10.9.